The number of carboxylic acids is 1. The number of rotatable bonds is 4. The van der Waals surface area contributed by atoms with Crippen LogP contribution < -0.4 is 0 Å². The zero-order valence-corrected chi connectivity index (χ0v) is 11.2. The number of tetrazole rings is 1. The maximum atomic E-state index is 11.1. The van der Waals surface area contributed by atoms with Gasteiger partial charge in [0.2, 0.25) is 0 Å². The van der Waals surface area contributed by atoms with Crippen molar-refractivity contribution in [2.45, 2.75) is 13.0 Å². The summed E-state index contributed by atoms with van der Waals surface area (Å²) in [6.07, 6.45) is 3.36. The Kier molecular flexibility index (Phi) is 3.19. The molecule has 0 fully saturated rings. The van der Waals surface area contributed by atoms with Crippen LogP contribution in [0.25, 0.3) is 17.1 Å². The van der Waals surface area contributed by atoms with Crippen molar-refractivity contribution in [3.8, 4) is 17.1 Å². The van der Waals surface area contributed by atoms with E-state index in [0.29, 0.717) is 11.4 Å². The fourth-order valence-corrected chi connectivity index (χ4v) is 1.91. The van der Waals surface area contributed by atoms with E-state index >= 15 is 0 Å². The topological polar surface area (TPSA) is 98.7 Å². The van der Waals surface area contributed by atoms with Crippen molar-refractivity contribution in [3.63, 3.8) is 0 Å². The van der Waals surface area contributed by atoms with Crippen molar-refractivity contribution in [2.75, 3.05) is 0 Å². The molecule has 0 spiro atoms. The van der Waals surface area contributed by atoms with E-state index in [1.165, 1.54) is 11.6 Å². The van der Waals surface area contributed by atoms with Gasteiger partial charge in [0, 0.05) is 6.20 Å². The maximum absolute atomic E-state index is 11.1. The molecule has 0 saturated carbocycles. The first-order chi connectivity index (χ1) is 10.2. The zero-order valence-electron chi connectivity index (χ0n) is 11.2. The molecule has 0 aliphatic rings. The average molecular weight is 284 g/mol. The highest BCUT2D eigenvalue weighted by atomic mass is 16.4. The maximum Gasteiger partial charge on any atom is 0.328 e. The van der Waals surface area contributed by atoms with Crippen LogP contribution in [0, 0.1) is 0 Å². The van der Waals surface area contributed by atoms with E-state index in [9.17, 15) is 4.79 Å². The standard InChI is InChI=1S/C13H12N6O2/c1-9(13(20)21)19-12(15-16-17-19)10-7-14-18(8-10)11-5-3-2-4-6-11/h2-9H,1H3,(H,20,21). The van der Waals surface area contributed by atoms with E-state index in [1.807, 2.05) is 30.3 Å². The van der Waals surface area contributed by atoms with Gasteiger partial charge in [-0.25, -0.2) is 14.2 Å². The zero-order chi connectivity index (χ0) is 14.8. The molecule has 1 aromatic carbocycles. The average Bonchev–Trinajstić information content (AvgIpc) is 3.16. The van der Waals surface area contributed by atoms with E-state index in [0.717, 1.165) is 5.69 Å². The summed E-state index contributed by atoms with van der Waals surface area (Å²) in [6, 6.07) is 8.72. The van der Waals surface area contributed by atoms with E-state index in [-0.39, 0.29) is 0 Å². The number of carboxylic acid groups (broad SMARTS) is 1. The van der Waals surface area contributed by atoms with Gasteiger partial charge in [0.15, 0.2) is 11.9 Å². The van der Waals surface area contributed by atoms with Crippen molar-refractivity contribution in [2.24, 2.45) is 0 Å². The first-order valence-electron chi connectivity index (χ1n) is 6.28. The highest BCUT2D eigenvalue weighted by Gasteiger charge is 2.21. The highest BCUT2D eigenvalue weighted by Crippen LogP contribution is 2.19. The molecule has 0 aliphatic heterocycles. The van der Waals surface area contributed by atoms with Crippen LogP contribution in [-0.2, 0) is 4.79 Å². The van der Waals surface area contributed by atoms with Gasteiger partial charge in [0.05, 0.1) is 17.4 Å². The Labute approximate surface area is 119 Å². The molecule has 1 atom stereocenters. The number of benzene rings is 1. The Bertz CT molecular complexity index is 764. The molecule has 0 aliphatic carbocycles. The van der Waals surface area contributed by atoms with Gasteiger partial charge in [-0.2, -0.15) is 5.10 Å². The third-order valence-corrected chi connectivity index (χ3v) is 3.08. The fourth-order valence-electron chi connectivity index (χ4n) is 1.91. The predicted octanol–water partition coefficient (Wildman–Crippen LogP) is 1.17. The molecule has 8 nitrogen and oxygen atoms in total. The lowest BCUT2D eigenvalue weighted by Crippen LogP contribution is -2.17. The van der Waals surface area contributed by atoms with Crippen molar-refractivity contribution < 1.29 is 9.90 Å². The van der Waals surface area contributed by atoms with Crippen LogP contribution >= 0.6 is 0 Å². The molecule has 2 heterocycles. The predicted molar refractivity (Wildman–Crippen MR) is 72.7 cm³/mol. The lowest BCUT2D eigenvalue weighted by molar-refractivity contribution is -0.140. The summed E-state index contributed by atoms with van der Waals surface area (Å²) in [7, 11) is 0. The second kappa shape index (κ2) is 5.16. The summed E-state index contributed by atoms with van der Waals surface area (Å²) in [4.78, 5) is 11.1. The number of hydrogen-bond donors (Lipinski definition) is 1. The van der Waals surface area contributed by atoms with Crippen LogP contribution in [0.15, 0.2) is 42.7 Å². The molecular weight excluding hydrogens is 272 g/mol. The third kappa shape index (κ3) is 2.38. The minimum absolute atomic E-state index is 0.368. The van der Waals surface area contributed by atoms with E-state index < -0.39 is 12.0 Å². The van der Waals surface area contributed by atoms with E-state index in [4.69, 9.17) is 5.11 Å². The van der Waals surface area contributed by atoms with Gasteiger partial charge in [-0.3, -0.25) is 0 Å². The molecule has 106 valence electrons. The number of nitrogens with zero attached hydrogens (tertiary/aromatic N) is 6. The fraction of sp³-hybridized carbons (Fsp3) is 0.154. The van der Waals surface area contributed by atoms with Crippen LogP contribution in [0.4, 0.5) is 0 Å². The molecule has 0 amide bonds. The minimum Gasteiger partial charge on any atom is -0.480 e. The Balaban J connectivity index is 1.98. The smallest absolute Gasteiger partial charge is 0.328 e. The normalized spacial score (nSPS) is 12.2. The Hall–Kier alpha value is -3.03. The first-order valence-corrected chi connectivity index (χ1v) is 6.28. The Morgan fingerprint density at radius 1 is 1.29 bits per heavy atom. The summed E-state index contributed by atoms with van der Waals surface area (Å²) in [6.45, 7) is 1.52. The molecular formula is C13H12N6O2. The van der Waals surface area contributed by atoms with Gasteiger partial charge in [-0.05, 0) is 29.5 Å². The number of hydrogen-bond acceptors (Lipinski definition) is 5. The quantitative estimate of drug-likeness (QED) is 0.772. The van der Waals surface area contributed by atoms with Crippen LogP contribution in [0.2, 0.25) is 0 Å². The van der Waals surface area contributed by atoms with Crippen LogP contribution in [0.5, 0.6) is 0 Å². The lowest BCUT2D eigenvalue weighted by atomic mass is 10.3. The van der Waals surface area contributed by atoms with Crippen LogP contribution in [0.1, 0.15) is 13.0 Å². The summed E-state index contributed by atoms with van der Waals surface area (Å²) in [5.74, 6) is -0.633. The second-order valence-corrected chi connectivity index (χ2v) is 4.47. The molecule has 1 N–H and O–H groups in total. The molecule has 3 aromatic rings. The van der Waals surface area contributed by atoms with Gasteiger partial charge in [-0.15, -0.1) is 5.10 Å². The second-order valence-electron chi connectivity index (χ2n) is 4.47. The summed E-state index contributed by atoms with van der Waals surface area (Å²) < 4.78 is 2.94. The van der Waals surface area contributed by atoms with Gasteiger partial charge >= 0.3 is 5.97 Å². The Morgan fingerprint density at radius 2 is 2.05 bits per heavy atom. The van der Waals surface area contributed by atoms with Gasteiger partial charge < -0.3 is 5.11 Å². The van der Waals surface area contributed by atoms with Crippen molar-refractivity contribution in [3.05, 3.63) is 42.7 Å². The lowest BCUT2D eigenvalue weighted by Gasteiger charge is -2.06. The third-order valence-electron chi connectivity index (χ3n) is 3.08. The highest BCUT2D eigenvalue weighted by molar-refractivity contribution is 5.72. The minimum atomic E-state index is -1.00. The molecule has 0 saturated heterocycles. The van der Waals surface area contributed by atoms with Crippen LogP contribution in [-0.4, -0.2) is 41.1 Å². The van der Waals surface area contributed by atoms with Crippen molar-refractivity contribution in [1.29, 1.82) is 0 Å². The van der Waals surface area contributed by atoms with E-state index in [2.05, 4.69) is 20.6 Å². The molecule has 0 bridgehead atoms. The van der Waals surface area contributed by atoms with Crippen LogP contribution in [0.3, 0.4) is 0 Å². The van der Waals surface area contributed by atoms with Crippen molar-refractivity contribution >= 4 is 5.97 Å². The monoisotopic (exact) mass is 284 g/mol. The van der Waals surface area contributed by atoms with Gasteiger partial charge in [0.25, 0.3) is 0 Å². The molecule has 2 aromatic heterocycles. The first kappa shape index (κ1) is 13.0. The SMILES string of the molecule is CC(C(=O)O)n1nnnc1-c1cnn(-c2ccccc2)c1. The van der Waals surface area contributed by atoms with E-state index in [1.54, 1.807) is 17.1 Å². The molecule has 3 rings (SSSR count). The van der Waals surface area contributed by atoms with Crippen molar-refractivity contribution in [1.82, 2.24) is 30.0 Å². The van der Waals surface area contributed by atoms with Gasteiger partial charge in [-0.1, -0.05) is 18.2 Å². The molecule has 21 heavy (non-hydrogen) atoms. The molecule has 1 unspecified atom stereocenters. The molecule has 0 radical (unpaired) electrons. The number of aliphatic carboxylic acids is 1. The van der Waals surface area contributed by atoms with Gasteiger partial charge in [0.1, 0.15) is 0 Å². The summed E-state index contributed by atoms with van der Waals surface area (Å²) in [5, 5.41) is 24.5. The summed E-state index contributed by atoms with van der Waals surface area (Å²) >= 11 is 0. The number of para-hydroxylation sites is 1. The summed E-state index contributed by atoms with van der Waals surface area (Å²) in [5.41, 5.74) is 1.55. The Morgan fingerprint density at radius 3 is 2.76 bits per heavy atom. The largest absolute Gasteiger partial charge is 0.480 e. The number of carbonyl (C=O) groups is 1. The molecule has 8 heteroatoms. The number of aromatic nitrogens is 6.